The first-order chi connectivity index (χ1) is 3.96. The lowest BCUT2D eigenvalue weighted by Gasteiger charge is -2.34. The van der Waals surface area contributed by atoms with Gasteiger partial charge in [-0.1, -0.05) is 0 Å². The van der Waals surface area contributed by atoms with E-state index in [2.05, 4.69) is 0 Å². The fourth-order valence-corrected chi connectivity index (χ4v) is 0.649. The van der Waals surface area contributed by atoms with E-state index in [-0.39, 0.29) is 25.5 Å². The summed E-state index contributed by atoms with van der Waals surface area (Å²) in [5, 5.41) is 10.0. The van der Waals surface area contributed by atoms with E-state index >= 15 is 0 Å². The van der Waals surface area contributed by atoms with Crippen LogP contribution in [0.25, 0.3) is 0 Å². The Balaban J connectivity index is 0.000000810. The molecule has 1 aliphatic heterocycles. The van der Waals surface area contributed by atoms with E-state index in [1.165, 1.54) is 5.32 Å². The van der Waals surface area contributed by atoms with Crippen LogP contribution in [0.3, 0.4) is 0 Å². The molecule has 0 radical (unpaired) electrons. The molecule has 1 heterocycles. The Morgan fingerprint density at radius 3 is 1.70 bits per heavy atom. The van der Waals surface area contributed by atoms with Crippen LogP contribution >= 0.6 is 0 Å². The molecule has 2 nitrogen and oxygen atoms in total. The molecular weight excluding hydrogens is 170 g/mol. The Labute approximate surface area is 61.8 Å². The van der Waals surface area contributed by atoms with E-state index in [9.17, 15) is 13.2 Å². The van der Waals surface area contributed by atoms with Crippen molar-refractivity contribution in [3.8, 4) is 0 Å². The van der Waals surface area contributed by atoms with E-state index < -0.39 is 11.8 Å². The molecule has 1 saturated heterocycles. The van der Waals surface area contributed by atoms with Crippen LogP contribution in [0, 0.1) is 0 Å². The third-order valence-electron chi connectivity index (χ3n) is 1.49. The van der Waals surface area contributed by atoms with Crippen molar-refractivity contribution in [3.63, 3.8) is 0 Å². The fraction of sp³-hybridized carbons (Fsp3) is 1.00. The summed E-state index contributed by atoms with van der Waals surface area (Å²) >= 11 is 0. The molecule has 0 aromatic rings. The normalized spacial score (nSPS) is 22.8. The third-order valence-corrected chi connectivity index (χ3v) is 1.49. The summed E-state index contributed by atoms with van der Waals surface area (Å²) in [6.07, 6.45) is -4.44. The van der Waals surface area contributed by atoms with Crippen LogP contribution in [0.15, 0.2) is 0 Å². The molecule has 0 aromatic heterocycles. The van der Waals surface area contributed by atoms with Gasteiger partial charge in [0.25, 0.3) is 5.60 Å². The lowest BCUT2D eigenvalue weighted by Crippen LogP contribution is -3.04. The molecule has 6 heteroatoms. The zero-order valence-electron chi connectivity index (χ0n) is 4.95. The van der Waals surface area contributed by atoms with E-state index in [1.807, 2.05) is 0 Å². The highest BCUT2D eigenvalue weighted by atomic mass is 35.5. The lowest BCUT2D eigenvalue weighted by molar-refractivity contribution is -0.755. The summed E-state index contributed by atoms with van der Waals surface area (Å²) in [5.41, 5.74) is -2.40. The van der Waals surface area contributed by atoms with Crippen LogP contribution in [-0.4, -0.2) is 30.0 Å². The van der Waals surface area contributed by atoms with Crippen LogP contribution in [0.5, 0.6) is 0 Å². The van der Waals surface area contributed by atoms with E-state index in [1.54, 1.807) is 0 Å². The summed E-state index contributed by atoms with van der Waals surface area (Å²) in [4.78, 5) is 0. The monoisotopic (exact) mass is 177 g/mol. The van der Waals surface area contributed by atoms with Crippen LogP contribution in [0.1, 0.15) is 0 Å². The zero-order valence-corrected chi connectivity index (χ0v) is 5.71. The van der Waals surface area contributed by atoms with E-state index in [4.69, 9.17) is 5.11 Å². The second kappa shape index (κ2) is 2.56. The molecular formula is C4H7ClF3NO. The Kier molecular flexibility index (Phi) is 2.56. The molecule has 1 fully saturated rings. The van der Waals surface area contributed by atoms with Crippen LogP contribution < -0.4 is 17.7 Å². The lowest BCUT2D eigenvalue weighted by atomic mass is 9.97. The maximum Gasteiger partial charge on any atom is 0.428 e. The van der Waals surface area contributed by atoms with Gasteiger partial charge in [0.05, 0.1) is 0 Å². The quantitative estimate of drug-likeness (QED) is 0.388. The third kappa shape index (κ3) is 1.36. The van der Waals surface area contributed by atoms with Crippen LogP contribution in [-0.2, 0) is 0 Å². The predicted octanol–water partition coefficient (Wildman–Crippen LogP) is -4.14. The number of alkyl halides is 3. The number of aliphatic hydroxyl groups is 1. The molecule has 1 rings (SSSR count). The number of hydrogen-bond donors (Lipinski definition) is 2. The molecule has 0 atom stereocenters. The summed E-state index contributed by atoms with van der Waals surface area (Å²) in [7, 11) is 0. The van der Waals surface area contributed by atoms with Gasteiger partial charge < -0.3 is 22.8 Å². The number of nitrogens with two attached hydrogens (primary N) is 1. The molecule has 0 saturated carbocycles. The maximum atomic E-state index is 11.6. The Morgan fingerprint density at radius 2 is 1.70 bits per heavy atom. The van der Waals surface area contributed by atoms with Crippen molar-refractivity contribution in [3.05, 3.63) is 0 Å². The van der Waals surface area contributed by atoms with E-state index in [0.29, 0.717) is 0 Å². The minimum atomic E-state index is -4.44. The predicted molar refractivity (Wildman–Crippen MR) is 22.7 cm³/mol. The zero-order chi connectivity index (χ0) is 7.12. The highest BCUT2D eigenvalue weighted by Gasteiger charge is 2.61. The number of hydrogen-bond acceptors (Lipinski definition) is 1. The first-order valence-corrected chi connectivity index (χ1v) is 2.56. The van der Waals surface area contributed by atoms with E-state index in [0.717, 1.165) is 0 Å². The molecule has 1 aliphatic rings. The van der Waals surface area contributed by atoms with Crippen LogP contribution in [0.4, 0.5) is 13.2 Å². The molecule has 3 N–H and O–H groups in total. The van der Waals surface area contributed by atoms with Gasteiger partial charge in [0.2, 0.25) is 0 Å². The van der Waals surface area contributed by atoms with Gasteiger partial charge in [-0.05, 0) is 0 Å². The number of quaternary nitrogens is 1. The molecule has 0 spiro atoms. The van der Waals surface area contributed by atoms with Gasteiger partial charge in [0.1, 0.15) is 13.1 Å². The summed E-state index contributed by atoms with van der Waals surface area (Å²) in [6.45, 7) is -0.507. The van der Waals surface area contributed by atoms with Crippen molar-refractivity contribution < 1.29 is 36.0 Å². The van der Waals surface area contributed by atoms with Crippen molar-refractivity contribution >= 4 is 0 Å². The molecule has 0 aliphatic carbocycles. The Hall–Kier alpha value is 0. The second-order valence-electron chi connectivity index (χ2n) is 2.23. The van der Waals surface area contributed by atoms with Gasteiger partial charge in [-0.15, -0.1) is 0 Å². The first kappa shape index (κ1) is 10.0. The van der Waals surface area contributed by atoms with Gasteiger partial charge in [0.15, 0.2) is 0 Å². The van der Waals surface area contributed by atoms with Crippen molar-refractivity contribution in [2.24, 2.45) is 0 Å². The second-order valence-corrected chi connectivity index (χ2v) is 2.23. The fourth-order valence-electron chi connectivity index (χ4n) is 0.649. The molecule has 0 aromatic carbocycles. The molecule has 62 valence electrons. The Bertz CT molecular complexity index is 122. The van der Waals surface area contributed by atoms with Crippen molar-refractivity contribution in [1.29, 1.82) is 0 Å². The summed E-state index contributed by atoms with van der Waals surface area (Å²) in [6, 6.07) is 0. The number of rotatable bonds is 0. The van der Waals surface area contributed by atoms with Gasteiger partial charge in [-0.2, -0.15) is 13.2 Å². The van der Waals surface area contributed by atoms with Crippen molar-refractivity contribution in [1.82, 2.24) is 0 Å². The minimum absolute atomic E-state index is 0. The maximum absolute atomic E-state index is 11.6. The van der Waals surface area contributed by atoms with Gasteiger partial charge in [-0.25, -0.2) is 0 Å². The first-order valence-electron chi connectivity index (χ1n) is 2.56. The largest absolute Gasteiger partial charge is 1.00 e. The average molecular weight is 178 g/mol. The molecule has 10 heavy (non-hydrogen) atoms. The van der Waals surface area contributed by atoms with Crippen molar-refractivity contribution in [2.45, 2.75) is 11.8 Å². The smallest absolute Gasteiger partial charge is 0.428 e. The minimum Gasteiger partial charge on any atom is -1.00 e. The molecule has 0 bridgehead atoms. The standard InChI is InChI=1S/C4H6F3NO.ClH/c5-4(6,7)3(9)1-8-2-3;/h8-9H,1-2H2;1H. The van der Waals surface area contributed by atoms with Gasteiger partial charge in [-0.3, -0.25) is 0 Å². The van der Waals surface area contributed by atoms with Crippen molar-refractivity contribution in [2.75, 3.05) is 13.1 Å². The summed E-state index contributed by atoms with van der Waals surface area (Å²) in [5.74, 6) is 0. The van der Waals surface area contributed by atoms with Gasteiger partial charge in [0, 0.05) is 0 Å². The Morgan fingerprint density at radius 1 is 1.30 bits per heavy atom. The molecule has 0 unspecified atom stereocenters. The average Bonchev–Trinajstić information content (AvgIpc) is 1.57. The van der Waals surface area contributed by atoms with Crippen LogP contribution in [0.2, 0.25) is 0 Å². The number of halogens is 4. The topological polar surface area (TPSA) is 36.8 Å². The molecule has 0 amide bonds. The summed E-state index contributed by atoms with van der Waals surface area (Å²) < 4.78 is 34.8. The highest BCUT2D eigenvalue weighted by molar-refractivity contribution is 4.88. The SMILES string of the molecule is OC1(C(F)(F)F)C[NH2+]C1.[Cl-]. The van der Waals surface area contributed by atoms with Gasteiger partial charge >= 0.3 is 6.18 Å². The highest BCUT2D eigenvalue weighted by Crippen LogP contribution is 2.30.